The molecule has 0 atom stereocenters. The zero-order valence-corrected chi connectivity index (χ0v) is 13.8. The van der Waals surface area contributed by atoms with E-state index in [1.165, 1.54) is 6.07 Å². The molecule has 2 rings (SSSR count). The van der Waals surface area contributed by atoms with Gasteiger partial charge in [-0.3, -0.25) is 9.69 Å². The maximum Gasteiger partial charge on any atom is 0.238 e. The molecule has 0 spiro atoms. The average Bonchev–Trinajstić information content (AvgIpc) is 2.47. The largest absolute Gasteiger partial charge is 0.320 e. The van der Waals surface area contributed by atoms with Crippen LogP contribution < -0.4 is 5.32 Å². The van der Waals surface area contributed by atoms with Crippen LogP contribution in [0.15, 0.2) is 36.4 Å². The molecule has 0 saturated heterocycles. The molecule has 0 heterocycles. The Hall–Kier alpha value is -1.69. The molecule has 0 saturated carbocycles. The molecule has 1 N–H and O–H groups in total. The Morgan fingerprint density at radius 2 is 1.78 bits per heavy atom. The minimum atomic E-state index is -0.814. The Balaban J connectivity index is 1.95. The lowest BCUT2D eigenvalue weighted by molar-refractivity contribution is -0.117. The Kier molecular flexibility index (Phi) is 5.93. The highest BCUT2D eigenvalue weighted by atomic mass is 35.5. The fourth-order valence-electron chi connectivity index (χ4n) is 2.05. The number of benzene rings is 2. The van der Waals surface area contributed by atoms with Crippen LogP contribution >= 0.6 is 23.2 Å². The molecule has 2 aromatic carbocycles. The fourth-order valence-corrected chi connectivity index (χ4v) is 2.37. The number of carbonyl (C=O) groups excluding carboxylic acids is 1. The van der Waals surface area contributed by atoms with Crippen LogP contribution in [0.5, 0.6) is 0 Å². The monoisotopic (exact) mass is 358 g/mol. The number of amides is 1. The SMILES string of the molecule is CN(CC(=O)Nc1c(F)cccc1F)Cc1ccc(Cl)c(Cl)c1. The zero-order valence-electron chi connectivity index (χ0n) is 12.2. The van der Waals surface area contributed by atoms with Gasteiger partial charge in [0.1, 0.15) is 17.3 Å². The number of hydrogen-bond acceptors (Lipinski definition) is 2. The maximum absolute atomic E-state index is 13.5. The molecule has 3 nitrogen and oxygen atoms in total. The van der Waals surface area contributed by atoms with Gasteiger partial charge >= 0.3 is 0 Å². The molecule has 2 aromatic rings. The first kappa shape index (κ1) is 17.7. The minimum Gasteiger partial charge on any atom is -0.320 e. The van der Waals surface area contributed by atoms with Crippen LogP contribution in [0, 0.1) is 11.6 Å². The van der Waals surface area contributed by atoms with Gasteiger partial charge in [-0.15, -0.1) is 0 Å². The number of anilines is 1. The van der Waals surface area contributed by atoms with E-state index in [2.05, 4.69) is 5.32 Å². The molecule has 0 bridgehead atoms. The summed E-state index contributed by atoms with van der Waals surface area (Å²) in [7, 11) is 1.71. The summed E-state index contributed by atoms with van der Waals surface area (Å²) < 4.78 is 27.0. The van der Waals surface area contributed by atoms with Gasteiger partial charge in [-0.2, -0.15) is 0 Å². The molecule has 0 aliphatic rings. The number of likely N-dealkylation sites (N-methyl/N-ethyl adjacent to an activating group) is 1. The lowest BCUT2D eigenvalue weighted by atomic mass is 10.2. The predicted molar refractivity (Wildman–Crippen MR) is 87.8 cm³/mol. The normalized spacial score (nSPS) is 10.9. The summed E-state index contributed by atoms with van der Waals surface area (Å²) in [6, 6.07) is 8.56. The average molecular weight is 359 g/mol. The molecule has 23 heavy (non-hydrogen) atoms. The van der Waals surface area contributed by atoms with Crippen molar-refractivity contribution >= 4 is 34.8 Å². The number of rotatable bonds is 5. The predicted octanol–water partition coefficient (Wildman–Crippen LogP) is 4.34. The van der Waals surface area contributed by atoms with Crippen molar-refractivity contribution in [3.8, 4) is 0 Å². The summed E-state index contributed by atoms with van der Waals surface area (Å²) in [5.41, 5.74) is 0.423. The van der Waals surface area contributed by atoms with Crippen LogP contribution in [-0.4, -0.2) is 24.4 Å². The summed E-state index contributed by atoms with van der Waals surface area (Å²) in [6.45, 7) is 0.401. The zero-order chi connectivity index (χ0) is 17.0. The smallest absolute Gasteiger partial charge is 0.238 e. The number of nitrogens with one attached hydrogen (secondary N) is 1. The highest BCUT2D eigenvalue weighted by Crippen LogP contribution is 2.23. The lowest BCUT2D eigenvalue weighted by Crippen LogP contribution is -2.30. The van der Waals surface area contributed by atoms with Gasteiger partial charge in [0.15, 0.2) is 0 Å². The second kappa shape index (κ2) is 7.73. The number of carbonyl (C=O) groups is 1. The van der Waals surface area contributed by atoms with Crippen LogP contribution in [-0.2, 0) is 11.3 Å². The van der Waals surface area contributed by atoms with E-state index in [1.54, 1.807) is 30.1 Å². The summed E-state index contributed by atoms with van der Waals surface area (Å²) in [4.78, 5) is 13.6. The number of nitrogens with zero attached hydrogens (tertiary/aromatic N) is 1. The van der Waals surface area contributed by atoms with Crippen molar-refractivity contribution in [1.82, 2.24) is 4.90 Å². The minimum absolute atomic E-state index is 0.0337. The highest BCUT2D eigenvalue weighted by Gasteiger charge is 2.13. The van der Waals surface area contributed by atoms with Gasteiger partial charge in [0, 0.05) is 6.54 Å². The van der Waals surface area contributed by atoms with E-state index in [1.807, 2.05) is 0 Å². The van der Waals surface area contributed by atoms with E-state index in [0.29, 0.717) is 16.6 Å². The third-order valence-corrected chi connectivity index (χ3v) is 3.82. The van der Waals surface area contributed by atoms with Crippen molar-refractivity contribution in [3.05, 3.63) is 63.6 Å². The Morgan fingerprint density at radius 3 is 2.39 bits per heavy atom. The third-order valence-electron chi connectivity index (χ3n) is 3.08. The van der Waals surface area contributed by atoms with E-state index in [-0.39, 0.29) is 6.54 Å². The second-order valence-corrected chi connectivity index (χ2v) is 5.88. The third kappa shape index (κ3) is 4.89. The van der Waals surface area contributed by atoms with Gasteiger partial charge in [0.05, 0.1) is 16.6 Å². The van der Waals surface area contributed by atoms with Crippen LogP contribution in [0.25, 0.3) is 0 Å². The molecule has 0 aliphatic heterocycles. The van der Waals surface area contributed by atoms with E-state index in [4.69, 9.17) is 23.2 Å². The first-order valence-corrected chi connectivity index (χ1v) is 7.48. The van der Waals surface area contributed by atoms with E-state index < -0.39 is 23.2 Å². The molecular formula is C16H14Cl2F2N2O. The number of halogens is 4. The Morgan fingerprint density at radius 1 is 1.13 bits per heavy atom. The molecule has 1 amide bonds. The standard InChI is InChI=1S/C16H14Cl2F2N2O/c1-22(8-10-5-6-11(17)12(18)7-10)9-15(23)21-16-13(19)3-2-4-14(16)20/h2-7H,8-9H2,1H3,(H,21,23). The molecule has 0 aromatic heterocycles. The molecule has 7 heteroatoms. The molecule has 122 valence electrons. The van der Waals surface area contributed by atoms with Crippen molar-refractivity contribution in [2.75, 3.05) is 18.9 Å². The van der Waals surface area contributed by atoms with Crippen molar-refractivity contribution in [3.63, 3.8) is 0 Å². The number of para-hydroxylation sites is 1. The molecular weight excluding hydrogens is 345 g/mol. The van der Waals surface area contributed by atoms with E-state index in [9.17, 15) is 13.6 Å². The topological polar surface area (TPSA) is 32.3 Å². The molecule has 0 aliphatic carbocycles. The highest BCUT2D eigenvalue weighted by molar-refractivity contribution is 6.42. The Labute approximate surface area is 142 Å². The fraction of sp³-hybridized carbons (Fsp3) is 0.188. The van der Waals surface area contributed by atoms with Crippen LogP contribution in [0.3, 0.4) is 0 Å². The van der Waals surface area contributed by atoms with Gasteiger partial charge in [-0.05, 0) is 36.9 Å². The van der Waals surface area contributed by atoms with E-state index >= 15 is 0 Å². The van der Waals surface area contributed by atoms with Gasteiger partial charge in [0.2, 0.25) is 5.91 Å². The lowest BCUT2D eigenvalue weighted by Gasteiger charge is -2.17. The first-order valence-electron chi connectivity index (χ1n) is 6.73. The second-order valence-electron chi connectivity index (χ2n) is 5.07. The Bertz CT molecular complexity index is 705. The van der Waals surface area contributed by atoms with Crippen LogP contribution in [0.4, 0.5) is 14.5 Å². The van der Waals surface area contributed by atoms with Gasteiger partial charge in [-0.25, -0.2) is 8.78 Å². The summed E-state index contributed by atoms with van der Waals surface area (Å²) in [5, 5.41) is 3.11. The van der Waals surface area contributed by atoms with Crippen molar-refractivity contribution in [2.24, 2.45) is 0 Å². The van der Waals surface area contributed by atoms with E-state index in [0.717, 1.165) is 17.7 Å². The van der Waals surface area contributed by atoms with Gasteiger partial charge < -0.3 is 5.32 Å². The molecule has 0 radical (unpaired) electrons. The summed E-state index contributed by atoms with van der Waals surface area (Å²) in [5.74, 6) is -2.15. The van der Waals surface area contributed by atoms with Crippen LogP contribution in [0.1, 0.15) is 5.56 Å². The first-order chi connectivity index (χ1) is 10.9. The molecule has 0 fully saturated rings. The quantitative estimate of drug-likeness (QED) is 0.861. The van der Waals surface area contributed by atoms with Crippen LogP contribution in [0.2, 0.25) is 10.0 Å². The summed E-state index contributed by atoms with van der Waals surface area (Å²) >= 11 is 11.8. The van der Waals surface area contributed by atoms with Gasteiger partial charge in [0.25, 0.3) is 0 Å². The van der Waals surface area contributed by atoms with Crippen molar-refractivity contribution < 1.29 is 13.6 Å². The summed E-state index contributed by atoms with van der Waals surface area (Å²) in [6.07, 6.45) is 0. The molecule has 0 unspecified atom stereocenters. The van der Waals surface area contributed by atoms with Crippen molar-refractivity contribution in [1.29, 1.82) is 0 Å². The van der Waals surface area contributed by atoms with Gasteiger partial charge in [-0.1, -0.05) is 35.3 Å². The maximum atomic E-state index is 13.5. The number of hydrogen-bond donors (Lipinski definition) is 1. The van der Waals surface area contributed by atoms with Crippen molar-refractivity contribution in [2.45, 2.75) is 6.54 Å².